The zero-order valence-corrected chi connectivity index (χ0v) is 14.3. The smallest absolute Gasteiger partial charge is 0.307 e. The molecule has 0 aliphatic carbocycles. The molecule has 0 radical (unpaired) electrons. The van der Waals surface area contributed by atoms with Gasteiger partial charge in [-0.1, -0.05) is 36.7 Å². The first-order valence-electron chi connectivity index (χ1n) is 7.49. The van der Waals surface area contributed by atoms with E-state index >= 15 is 0 Å². The van der Waals surface area contributed by atoms with Crippen LogP contribution in [-0.2, 0) is 11.3 Å². The molecule has 0 saturated heterocycles. The van der Waals surface area contributed by atoms with Crippen LogP contribution in [0.3, 0.4) is 0 Å². The van der Waals surface area contributed by atoms with Crippen molar-refractivity contribution in [3.8, 4) is 11.5 Å². The van der Waals surface area contributed by atoms with Crippen molar-refractivity contribution in [3.05, 3.63) is 58.9 Å². The van der Waals surface area contributed by atoms with E-state index in [-0.39, 0.29) is 5.02 Å². The van der Waals surface area contributed by atoms with Crippen molar-refractivity contribution in [2.75, 3.05) is 13.6 Å². The Bertz CT molecular complexity index is 723. The summed E-state index contributed by atoms with van der Waals surface area (Å²) in [5.74, 6) is -0.755. The van der Waals surface area contributed by atoms with Crippen LogP contribution in [0.5, 0.6) is 11.5 Å². The lowest BCUT2D eigenvalue weighted by molar-refractivity contribution is -0.141. The number of halogens is 2. The van der Waals surface area contributed by atoms with Gasteiger partial charge in [0.15, 0.2) is 0 Å². The number of nitrogens with zero attached hydrogens (tertiary/aromatic N) is 1. The molecule has 0 aliphatic rings. The third-order valence-corrected chi connectivity index (χ3v) is 3.83. The minimum atomic E-state index is -0.829. The monoisotopic (exact) mass is 351 g/mol. The maximum absolute atomic E-state index is 13.1. The molecule has 1 unspecified atom stereocenters. The lowest BCUT2D eigenvalue weighted by atomic mass is 10.1. The van der Waals surface area contributed by atoms with Crippen LogP contribution in [0.25, 0.3) is 0 Å². The first-order valence-corrected chi connectivity index (χ1v) is 7.86. The van der Waals surface area contributed by atoms with Crippen LogP contribution in [0.2, 0.25) is 5.02 Å². The molecule has 0 spiro atoms. The zero-order chi connectivity index (χ0) is 17.7. The Morgan fingerprint density at radius 3 is 2.67 bits per heavy atom. The average Bonchev–Trinajstić information content (AvgIpc) is 2.51. The number of carboxylic acid groups (broad SMARTS) is 1. The number of hydrogen-bond donors (Lipinski definition) is 1. The summed E-state index contributed by atoms with van der Waals surface area (Å²) >= 11 is 6.00. The Balaban J connectivity index is 2.13. The SMILES string of the molecule is CC(CN(C)Cc1ccccc1Oc1ccc(F)cc1Cl)C(=O)O. The molecule has 24 heavy (non-hydrogen) atoms. The van der Waals surface area contributed by atoms with Gasteiger partial charge in [-0.2, -0.15) is 0 Å². The standard InChI is InChI=1S/C18H19ClFNO3/c1-12(18(22)23)10-21(2)11-13-5-3-4-6-16(13)24-17-8-7-14(20)9-15(17)19/h3-9,12H,10-11H2,1-2H3,(H,22,23). The van der Waals surface area contributed by atoms with Gasteiger partial charge in [-0.05, 0) is 31.3 Å². The summed E-state index contributed by atoms with van der Waals surface area (Å²) in [6, 6.07) is 11.4. The molecule has 2 rings (SSSR count). The number of carboxylic acids is 1. The van der Waals surface area contributed by atoms with E-state index in [1.54, 1.807) is 13.0 Å². The molecular weight excluding hydrogens is 333 g/mol. The van der Waals surface area contributed by atoms with E-state index in [1.165, 1.54) is 18.2 Å². The molecule has 2 aromatic carbocycles. The van der Waals surface area contributed by atoms with Crippen molar-refractivity contribution in [1.29, 1.82) is 0 Å². The Morgan fingerprint density at radius 1 is 1.29 bits per heavy atom. The molecule has 4 nitrogen and oxygen atoms in total. The van der Waals surface area contributed by atoms with Crippen LogP contribution in [-0.4, -0.2) is 29.6 Å². The van der Waals surface area contributed by atoms with E-state index in [4.69, 9.17) is 21.4 Å². The normalized spacial score (nSPS) is 12.2. The molecule has 6 heteroatoms. The molecule has 2 aromatic rings. The third kappa shape index (κ3) is 4.94. The second kappa shape index (κ2) is 8.13. The molecule has 0 aromatic heterocycles. The molecule has 0 saturated carbocycles. The fraction of sp³-hybridized carbons (Fsp3) is 0.278. The number of rotatable bonds is 7. The van der Waals surface area contributed by atoms with E-state index in [1.807, 2.05) is 30.1 Å². The highest BCUT2D eigenvalue weighted by atomic mass is 35.5. The summed E-state index contributed by atoms with van der Waals surface area (Å²) in [6.07, 6.45) is 0. The number of aliphatic carboxylic acids is 1. The molecule has 0 amide bonds. The summed E-state index contributed by atoms with van der Waals surface area (Å²) in [5, 5.41) is 9.19. The van der Waals surface area contributed by atoms with Gasteiger partial charge in [0, 0.05) is 18.7 Å². The maximum atomic E-state index is 13.1. The maximum Gasteiger partial charge on any atom is 0.307 e. The van der Waals surface area contributed by atoms with Gasteiger partial charge in [-0.25, -0.2) is 4.39 Å². The second-order valence-electron chi connectivity index (χ2n) is 5.72. The highest BCUT2D eigenvalue weighted by molar-refractivity contribution is 6.32. The van der Waals surface area contributed by atoms with E-state index in [0.717, 1.165) is 5.56 Å². The molecule has 0 heterocycles. The van der Waals surface area contributed by atoms with Crippen LogP contribution in [0.4, 0.5) is 4.39 Å². The van der Waals surface area contributed by atoms with Crippen LogP contribution in [0.1, 0.15) is 12.5 Å². The van der Waals surface area contributed by atoms with Crippen LogP contribution in [0, 0.1) is 11.7 Å². The molecule has 128 valence electrons. The number of carbonyl (C=O) groups is 1. The summed E-state index contributed by atoms with van der Waals surface area (Å²) in [4.78, 5) is 12.9. The van der Waals surface area contributed by atoms with Crippen LogP contribution < -0.4 is 4.74 Å². The largest absolute Gasteiger partial charge is 0.481 e. The molecule has 1 N–H and O–H groups in total. The highest BCUT2D eigenvalue weighted by Crippen LogP contribution is 2.32. The number of benzene rings is 2. The van der Waals surface area contributed by atoms with Gasteiger partial charge in [0.1, 0.15) is 17.3 Å². The fourth-order valence-corrected chi connectivity index (χ4v) is 2.52. The Morgan fingerprint density at radius 2 is 2.00 bits per heavy atom. The first kappa shape index (κ1) is 18.2. The predicted octanol–water partition coefficient (Wildman–Crippen LogP) is 4.42. The Kier molecular flexibility index (Phi) is 6.17. The zero-order valence-electron chi connectivity index (χ0n) is 13.5. The Hall–Kier alpha value is -2.11. The third-order valence-electron chi connectivity index (χ3n) is 3.53. The lowest BCUT2D eigenvalue weighted by Crippen LogP contribution is -2.28. The van der Waals surface area contributed by atoms with E-state index in [2.05, 4.69) is 0 Å². The quantitative estimate of drug-likeness (QED) is 0.802. The van der Waals surface area contributed by atoms with Gasteiger partial charge in [-0.3, -0.25) is 4.79 Å². The van der Waals surface area contributed by atoms with Crippen LogP contribution in [0.15, 0.2) is 42.5 Å². The van der Waals surface area contributed by atoms with Gasteiger partial charge < -0.3 is 14.7 Å². The molecule has 0 fully saturated rings. The van der Waals surface area contributed by atoms with Gasteiger partial charge in [0.05, 0.1) is 10.9 Å². The minimum Gasteiger partial charge on any atom is -0.481 e. The van der Waals surface area contributed by atoms with E-state index in [0.29, 0.717) is 24.6 Å². The van der Waals surface area contributed by atoms with E-state index < -0.39 is 17.7 Å². The van der Waals surface area contributed by atoms with E-state index in [9.17, 15) is 9.18 Å². The number of para-hydroxylation sites is 1. The highest BCUT2D eigenvalue weighted by Gasteiger charge is 2.15. The topological polar surface area (TPSA) is 49.8 Å². The number of hydrogen-bond acceptors (Lipinski definition) is 3. The lowest BCUT2D eigenvalue weighted by Gasteiger charge is -2.21. The van der Waals surface area contributed by atoms with Crippen molar-refractivity contribution >= 4 is 17.6 Å². The predicted molar refractivity (Wildman–Crippen MR) is 91.1 cm³/mol. The van der Waals surface area contributed by atoms with Crippen LogP contribution >= 0.6 is 11.6 Å². The van der Waals surface area contributed by atoms with Crippen molar-refractivity contribution in [1.82, 2.24) is 4.90 Å². The molecule has 1 atom stereocenters. The molecule has 0 aliphatic heterocycles. The summed E-state index contributed by atoms with van der Waals surface area (Å²) in [6.45, 7) is 2.60. The first-order chi connectivity index (χ1) is 11.4. The second-order valence-corrected chi connectivity index (χ2v) is 6.13. The summed E-state index contributed by atoms with van der Waals surface area (Å²) in [7, 11) is 1.85. The minimum absolute atomic E-state index is 0.192. The van der Waals surface area contributed by atoms with Gasteiger partial charge in [-0.15, -0.1) is 0 Å². The van der Waals surface area contributed by atoms with Crippen molar-refractivity contribution in [2.45, 2.75) is 13.5 Å². The van der Waals surface area contributed by atoms with Crippen molar-refractivity contribution < 1.29 is 19.0 Å². The summed E-state index contributed by atoms with van der Waals surface area (Å²) < 4.78 is 18.9. The van der Waals surface area contributed by atoms with Gasteiger partial charge >= 0.3 is 5.97 Å². The van der Waals surface area contributed by atoms with Crippen molar-refractivity contribution in [2.24, 2.45) is 5.92 Å². The number of ether oxygens (including phenoxy) is 1. The fourth-order valence-electron chi connectivity index (χ4n) is 2.31. The van der Waals surface area contributed by atoms with Gasteiger partial charge in [0.25, 0.3) is 0 Å². The summed E-state index contributed by atoms with van der Waals surface area (Å²) in [5.41, 5.74) is 0.887. The molecular formula is C18H19ClFNO3. The average molecular weight is 352 g/mol. The van der Waals surface area contributed by atoms with Gasteiger partial charge in [0.2, 0.25) is 0 Å². The van der Waals surface area contributed by atoms with Crippen molar-refractivity contribution in [3.63, 3.8) is 0 Å². The Labute approximate surface area is 145 Å². The molecule has 0 bridgehead atoms.